The summed E-state index contributed by atoms with van der Waals surface area (Å²) in [6.07, 6.45) is 3.15. The van der Waals surface area contributed by atoms with Crippen LogP contribution in [-0.2, 0) is 4.74 Å². The van der Waals surface area contributed by atoms with E-state index in [4.69, 9.17) is 16.3 Å². The lowest BCUT2D eigenvalue weighted by Crippen LogP contribution is -2.41. The molecule has 0 saturated carbocycles. The number of carbonyl (C=O) groups excluding carboxylic acids is 3. The number of anilines is 1. The summed E-state index contributed by atoms with van der Waals surface area (Å²) < 4.78 is 22.0. The number of amides is 3. The van der Waals surface area contributed by atoms with Crippen LogP contribution in [-0.4, -0.2) is 42.7 Å². The van der Waals surface area contributed by atoms with Crippen molar-refractivity contribution in [2.24, 2.45) is 5.92 Å². The third kappa shape index (κ3) is 5.82. The quantitative estimate of drug-likeness (QED) is 0.382. The van der Waals surface area contributed by atoms with E-state index in [2.05, 4.69) is 10.6 Å². The first kappa shape index (κ1) is 28.3. The zero-order valence-electron chi connectivity index (χ0n) is 22.1. The number of hydrogen-bond donors (Lipinski definition) is 2. The molecule has 2 unspecified atom stereocenters. The zero-order chi connectivity index (χ0) is 29.3. The number of pyridine rings is 1. The molecule has 3 aromatic rings. The van der Waals surface area contributed by atoms with Crippen molar-refractivity contribution in [3.63, 3.8) is 0 Å². The lowest BCUT2D eigenvalue weighted by Gasteiger charge is -2.26. The number of ether oxygens (including phenoxy) is 1. The molecule has 5 rings (SSSR count). The Morgan fingerprint density at radius 1 is 1.17 bits per heavy atom. The second-order valence-electron chi connectivity index (χ2n) is 9.73. The highest BCUT2D eigenvalue weighted by molar-refractivity contribution is 7.18. The van der Waals surface area contributed by atoms with Crippen molar-refractivity contribution < 1.29 is 23.5 Å². The second kappa shape index (κ2) is 11.7. The molecule has 12 heteroatoms. The fraction of sp³-hybridized carbons (Fsp3) is 0.241. The van der Waals surface area contributed by atoms with E-state index in [0.29, 0.717) is 27.0 Å². The lowest BCUT2D eigenvalue weighted by molar-refractivity contribution is 0.0600. The van der Waals surface area contributed by atoms with Crippen LogP contribution in [0.4, 0.5) is 14.9 Å². The molecule has 0 saturated heterocycles. The van der Waals surface area contributed by atoms with Crippen LogP contribution in [0.5, 0.6) is 0 Å². The maximum atomic E-state index is 15.3. The maximum absolute atomic E-state index is 15.3. The van der Waals surface area contributed by atoms with Gasteiger partial charge in [-0.2, -0.15) is 0 Å². The standard InChI is InChI=1S/C29H26ClFN4O5S/c1-16-11-19(34-10-4-3-5-25(34)36)13-21(31)26(16)33-29(39)35-15-18(14-32-27(37)23-8-9-24(30)41-23)20-7-6-17(12-22(20)35)28(38)40-2/h3-10,12-13,16,18H,11,14-15H2,1-2H3,(H,32,37)(H,33,39). The SMILES string of the molecule is COC(=O)c1ccc2c(c1)N(C(=O)NC1=C(F)C=C(n3ccccc3=O)CC1C)CC2CNC(=O)c1ccc(Cl)s1. The van der Waals surface area contributed by atoms with Crippen LogP contribution < -0.4 is 21.1 Å². The number of carbonyl (C=O) groups is 3. The van der Waals surface area contributed by atoms with Gasteiger partial charge in [-0.25, -0.2) is 14.0 Å². The Morgan fingerprint density at radius 2 is 1.98 bits per heavy atom. The molecule has 1 aliphatic heterocycles. The number of halogens is 2. The van der Waals surface area contributed by atoms with Gasteiger partial charge in [0, 0.05) is 48.6 Å². The Bertz CT molecular complexity index is 1660. The molecule has 0 radical (unpaired) electrons. The minimum absolute atomic E-state index is 0.0970. The summed E-state index contributed by atoms with van der Waals surface area (Å²) in [6, 6.07) is 12.3. The zero-order valence-corrected chi connectivity index (χ0v) is 23.7. The van der Waals surface area contributed by atoms with Gasteiger partial charge >= 0.3 is 12.0 Å². The van der Waals surface area contributed by atoms with E-state index >= 15 is 4.39 Å². The van der Waals surface area contributed by atoms with E-state index in [1.807, 2.05) is 0 Å². The Labute approximate surface area is 243 Å². The van der Waals surface area contributed by atoms with Gasteiger partial charge in [0.05, 0.1) is 27.6 Å². The number of nitrogens with one attached hydrogen (secondary N) is 2. The van der Waals surface area contributed by atoms with Gasteiger partial charge in [-0.1, -0.05) is 30.7 Å². The van der Waals surface area contributed by atoms with E-state index < -0.39 is 23.7 Å². The molecule has 212 valence electrons. The highest BCUT2D eigenvalue weighted by atomic mass is 35.5. The summed E-state index contributed by atoms with van der Waals surface area (Å²) in [5.41, 5.74) is 1.76. The highest BCUT2D eigenvalue weighted by Gasteiger charge is 2.35. The molecular weight excluding hydrogens is 571 g/mol. The number of allylic oxidation sites excluding steroid dienone is 4. The molecule has 0 fully saturated rings. The van der Waals surface area contributed by atoms with Crippen LogP contribution >= 0.6 is 22.9 Å². The molecule has 0 bridgehead atoms. The number of thiophene rings is 1. The summed E-state index contributed by atoms with van der Waals surface area (Å²) in [6.45, 7) is 2.16. The van der Waals surface area contributed by atoms with Gasteiger partial charge in [0.25, 0.3) is 11.5 Å². The first-order valence-electron chi connectivity index (χ1n) is 12.8. The average molecular weight is 597 g/mol. The van der Waals surface area contributed by atoms with Gasteiger partial charge < -0.3 is 15.4 Å². The first-order valence-corrected chi connectivity index (χ1v) is 14.0. The van der Waals surface area contributed by atoms with Gasteiger partial charge in [-0.05, 0) is 48.4 Å². The maximum Gasteiger partial charge on any atom is 0.337 e. The number of benzene rings is 1. The number of fused-ring (bicyclic) bond motifs is 1. The monoisotopic (exact) mass is 596 g/mol. The second-order valence-corrected chi connectivity index (χ2v) is 11.4. The van der Waals surface area contributed by atoms with Crippen LogP contribution in [0, 0.1) is 5.92 Å². The van der Waals surface area contributed by atoms with Gasteiger partial charge in [-0.3, -0.25) is 19.1 Å². The van der Waals surface area contributed by atoms with Gasteiger partial charge in [0.1, 0.15) is 5.83 Å². The molecule has 0 spiro atoms. The smallest absolute Gasteiger partial charge is 0.337 e. The summed E-state index contributed by atoms with van der Waals surface area (Å²) in [4.78, 5) is 52.5. The molecule has 41 heavy (non-hydrogen) atoms. The average Bonchev–Trinajstić information content (AvgIpc) is 3.56. The van der Waals surface area contributed by atoms with E-state index in [0.717, 1.165) is 16.9 Å². The van der Waals surface area contributed by atoms with E-state index in [1.54, 1.807) is 55.6 Å². The third-order valence-electron chi connectivity index (χ3n) is 7.07. The number of rotatable bonds is 6. The minimum atomic E-state index is -0.649. The number of aromatic nitrogens is 1. The van der Waals surface area contributed by atoms with Crippen LogP contribution in [0.15, 0.2) is 77.1 Å². The van der Waals surface area contributed by atoms with E-state index in [1.165, 1.54) is 28.7 Å². The van der Waals surface area contributed by atoms with E-state index in [9.17, 15) is 19.2 Å². The molecule has 2 N–H and O–H groups in total. The Balaban J connectivity index is 1.39. The molecule has 2 aromatic heterocycles. The molecule has 2 atom stereocenters. The third-order valence-corrected chi connectivity index (χ3v) is 8.30. The summed E-state index contributed by atoms with van der Waals surface area (Å²) >= 11 is 7.11. The van der Waals surface area contributed by atoms with Crippen LogP contribution in [0.1, 0.15) is 44.9 Å². The fourth-order valence-corrected chi connectivity index (χ4v) is 5.98. The van der Waals surface area contributed by atoms with Crippen molar-refractivity contribution in [3.05, 3.63) is 103 Å². The van der Waals surface area contributed by atoms with Crippen molar-refractivity contribution in [2.75, 3.05) is 25.1 Å². The van der Waals surface area contributed by atoms with Crippen molar-refractivity contribution in [1.29, 1.82) is 0 Å². The number of methoxy groups -OCH3 is 1. The van der Waals surface area contributed by atoms with Crippen LogP contribution in [0.3, 0.4) is 0 Å². The topological polar surface area (TPSA) is 110 Å². The van der Waals surface area contributed by atoms with Crippen LogP contribution in [0.25, 0.3) is 5.70 Å². The highest BCUT2D eigenvalue weighted by Crippen LogP contribution is 2.38. The minimum Gasteiger partial charge on any atom is -0.465 e. The number of urea groups is 1. The predicted octanol–water partition coefficient (Wildman–Crippen LogP) is 5.16. The Hall–Kier alpha value is -4.22. The molecular formula is C29H26ClFN4O5S. The van der Waals surface area contributed by atoms with E-state index in [-0.39, 0.29) is 41.7 Å². The van der Waals surface area contributed by atoms with Crippen molar-refractivity contribution in [2.45, 2.75) is 19.3 Å². The Morgan fingerprint density at radius 3 is 2.66 bits per heavy atom. The number of hydrogen-bond acceptors (Lipinski definition) is 6. The lowest BCUT2D eigenvalue weighted by atomic mass is 9.95. The van der Waals surface area contributed by atoms with Crippen molar-refractivity contribution in [3.8, 4) is 0 Å². The fourth-order valence-electron chi connectivity index (χ4n) is 5.02. The number of esters is 1. The molecule has 3 amide bonds. The molecule has 1 aromatic carbocycles. The molecule has 3 heterocycles. The van der Waals surface area contributed by atoms with Gasteiger partial charge in [0.2, 0.25) is 0 Å². The first-order chi connectivity index (χ1) is 19.7. The summed E-state index contributed by atoms with van der Waals surface area (Å²) in [7, 11) is 1.26. The predicted molar refractivity (Wildman–Crippen MR) is 155 cm³/mol. The van der Waals surface area contributed by atoms with Gasteiger partial charge in [0.15, 0.2) is 0 Å². The molecule has 1 aliphatic carbocycles. The van der Waals surface area contributed by atoms with Crippen molar-refractivity contribution in [1.82, 2.24) is 15.2 Å². The largest absolute Gasteiger partial charge is 0.465 e. The Kier molecular flexibility index (Phi) is 8.09. The summed E-state index contributed by atoms with van der Waals surface area (Å²) in [5, 5.41) is 5.59. The molecule has 9 nitrogen and oxygen atoms in total. The van der Waals surface area contributed by atoms with Gasteiger partial charge in [-0.15, -0.1) is 11.3 Å². The normalized spacial score (nSPS) is 18.0. The van der Waals surface area contributed by atoms with Crippen molar-refractivity contribution >= 4 is 52.2 Å². The molecule has 2 aliphatic rings. The van der Waals surface area contributed by atoms with Crippen LogP contribution in [0.2, 0.25) is 4.34 Å². The summed E-state index contributed by atoms with van der Waals surface area (Å²) in [5.74, 6) is -2.23. The number of nitrogens with zero attached hydrogens (tertiary/aromatic N) is 2.